The third-order valence-electron chi connectivity index (χ3n) is 5.00. The Morgan fingerprint density at radius 2 is 1.89 bits per heavy atom. The molecular formula is C21H19ClF4NO. The third-order valence-corrected chi connectivity index (χ3v) is 5.31. The van der Waals surface area contributed by atoms with E-state index in [4.69, 9.17) is 11.6 Å². The quantitative estimate of drug-likeness (QED) is 0.624. The molecular weight excluding hydrogens is 394 g/mol. The van der Waals surface area contributed by atoms with Gasteiger partial charge in [-0.15, -0.1) is 0 Å². The van der Waals surface area contributed by atoms with Crippen molar-refractivity contribution < 1.29 is 22.4 Å². The smallest absolute Gasteiger partial charge is 0.353 e. The van der Waals surface area contributed by atoms with Gasteiger partial charge < -0.3 is 5.32 Å². The number of benzene rings is 2. The Morgan fingerprint density at radius 3 is 2.54 bits per heavy atom. The van der Waals surface area contributed by atoms with Crippen molar-refractivity contribution in [3.05, 3.63) is 70.0 Å². The molecule has 0 bridgehead atoms. The molecule has 1 unspecified atom stereocenters. The molecule has 0 spiro atoms. The van der Waals surface area contributed by atoms with Crippen molar-refractivity contribution in [3.63, 3.8) is 0 Å². The zero-order valence-electron chi connectivity index (χ0n) is 15.0. The van der Waals surface area contributed by atoms with Crippen LogP contribution in [0.2, 0.25) is 5.02 Å². The average Bonchev–Trinajstić information content (AvgIpc) is 2.65. The topological polar surface area (TPSA) is 29.1 Å². The zero-order valence-corrected chi connectivity index (χ0v) is 15.7. The highest BCUT2D eigenvalue weighted by molar-refractivity contribution is 6.30. The summed E-state index contributed by atoms with van der Waals surface area (Å²) < 4.78 is 54.6. The van der Waals surface area contributed by atoms with Gasteiger partial charge in [0.15, 0.2) is 0 Å². The SMILES string of the molecule is O=C(NC1CCCCC1)C(c1ccc(Cl)c(F)c1)c1cc[c]cc1C(F)(F)F. The Kier molecular flexibility index (Phi) is 6.28. The molecule has 7 heteroatoms. The first kappa shape index (κ1) is 20.6. The van der Waals surface area contributed by atoms with Crippen LogP contribution in [0.4, 0.5) is 17.6 Å². The molecule has 1 radical (unpaired) electrons. The fourth-order valence-electron chi connectivity index (χ4n) is 3.64. The largest absolute Gasteiger partial charge is 0.416 e. The molecule has 1 amide bonds. The average molecular weight is 413 g/mol. The maximum absolute atomic E-state index is 14.0. The van der Waals surface area contributed by atoms with Crippen LogP contribution >= 0.6 is 11.6 Å². The normalized spacial score (nSPS) is 16.6. The standard InChI is InChI=1S/C21H19ClF4NO/c22-17-11-10-13(12-18(17)23)19(20(28)27-14-6-2-1-3-7-14)15-8-4-5-9-16(15)21(24,25)26/h4,8-12,14,19H,1-3,6-7H2,(H,27,28). The van der Waals surface area contributed by atoms with Crippen LogP contribution in [-0.4, -0.2) is 11.9 Å². The van der Waals surface area contributed by atoms with E-state index in [0.29, 0.717) is 0 Å². The van der Waals surface area contributed by atoms with Gasteiger partial charge in [0.05, 0.1) is 16.5 Å². The molecule has 28 heavy (non-hydrogen) atoms. The minimum atomic E-state index is -4.67. The molecule has 1 atom stereocenters. The van der Waals surface area contributed by atoms with Crippen LogP contribution in [0, 0.1) is 11.9 Å². The second kappa shape index (κ2) is 8.52. The number of carbonyl (C=O) groups excluding carboxylic acids is 1. The van der Waals surface area contributed by atoms with Crippen molar-refractivity contribution in [3.8, 4) is 0 Å². The highest BCUT2D eigenvalue weighted by Crippen LogP contribution is 2.38. The molecule has 1 fully saturated rings. The van der Waals surface area contributed by atoms with E-state index in [2.05, 4.69) is 11.4 Å². The molecule has 2 aromatic rings. The predicted octanol–water partition coefficient (Wildman–Crippen LogP) is 5.88. The summed E-state index contributed by atoms with van der Waals surface area (Å²) in [6.45, 7) is 0. The lowest BCUT2D eigenvalue weighted by Gasteiger charge is -2.27. The van der Waals surface area contributed by atoms with Crippen LogP contribution in [-0.2, 0) is 11.0 Å². The van der Waals surface area contributed by atoms with Gasteiger partial charge in [-0.25, -0.2) is 4.39 Å². The first-order chi connectivity index (χ1) is 13.3. The third kappa shape index (κ3) is 4.66. The van der Waals surface area contributed by atoms with E-state index in [0.717, 1.165) is 44.2 Å². The molecule has 1 N–H and O–H groups in total. The van der Waals surface area contributed by atoms with E-state index in [9.17, 15) is 22.4 Å². The minimum absolute atomic E-state index is 0.0921. The van der Waals surface area contributed by atoms with Crippen molar-refractivity contribution in [2.75, 3.05) is 0 Å². The van der Waals surface area contributed by atoms with Gasteiger partial charge in [-0.05, 0) is 48.2 Å². The molecule has 0 aliphatic heterocycles. The fourth-order valence-corrected chi connectivity index (χ4v) is 3.75. The summed E-state index contributed by atoms with van der Waals surface area (Å²) in [6, 6.07) is 9.30. The number of halogens is 5. The number of hydrogen-bond acceptors (Lipinski definition) is 1. The van der Waals surface area contributed by atoms with Crippen molar-refractivity contribution >= 4 is 17.5 Å². The van der Waals surface area contributed by atoms with Gasteiger partial charge >= 0.3 is 6.18 Å². The van der Waals surface area contributed by atoms with Crippen molar-refractivity contribution in [1.82, 2.24) is 5.32 Å². The number of carbonyl (C=O) groups is 1. The molecule has 2 aromatic carbocycles. The molecule has 2 nitrogen and oxygen atoms in total. The summed E-state index contributed by atoms with van der Waals surface area (Å²) in [5.41, 5.74) is -1.08. The van der Waals surface area contributed by atoms with Crippen molar-refractivity contribution in [2.24, 2.45) is 0 Å². The van der Waals surface area contributed by atoms with Gasteiger partial charge in [-0.3, -0.25) is 4.79 Å². The second-order valence-corrected chi connectivity index (χ2v) is 7.37. The summed E-state index contributed by atoms with van der Waals surface area (Å²) >= 11 is 5.71. The molecule has 1 aliphatic rings. The van der Waals surface area contributed by atoms with Crippen molar-refractivity contribution in [2.45, 2.75) is 50.2 Å². The van der Waals surface area contributed by atoms with Gasteiger partial charge in [0, 0.05) is 6.04 Å². The summed E-state index contributed by atoms with van der Waals surface area (Å²) in [4.78, 5) is 13.0. The maximum atomic E-state index is 14.0. The Labute approximate surface area is 165 Å². The Hall–Kier alpha value is -2.08. The van der Waals surface area contributed by atoms with Crippen LogP contribution < -0.4 is 5.32 Å². The van der Waals surface area contributed by atoms with Crippen LogP contribution in [0.15, 0.2) is 36.4 Å². The number of amides is 1. The first-order valence-corrected chi connectivity index (χ1v) is 9.47. The molecule has 0 aromatic heterocycles. The Morgan fingerprint density at radius 1 is 1.18 bits per heavy atom. The molecule has 1 saturated carbocycles. The number of hydrogen-bond donors (Lipinski definition) is 1. The van der Waals surface area contributed by atoms with Crippen LogP contribution in [0.5, 0.6) is 0 Å². The number of nitrogens with one attached hydrogen (secondary N) is 1. The minimum Gasteiger partial charge on any atom is -0.353 e. The second-order valence-electron chi connectivity index (χ2n) is 6.96. The van der Waals surface area contributed by atoms with E-state index in [1.807, 2.05) is 0 Å². The fraction of sp³-hybridized carbons (Fsp3) is 0.381. The van der Waals surface area contributed by atoms with Crippen LogP contribution in [0.25, 0.3) is 0 Å². The van der Waals surface area contributed by atoms with Gasteiger partial charge in [0.25, 0.3) is 0 Å². The van der Waals surface area contributed by atoms with E-state index in [1.54, 1.807) is 0 Å². The molecule has 0 saturated heterocycles. The van der Waals surface area contributed by atoms with Gasteiger partial charge in [0.2, 0.25) is 5.91 Å². The van der Waals surface area contributed by atoms with Crippen molar-refractivity contribution in [1.29, 1.82) is 0 Å². The van der Waals surface area contributed by atoms with E-state index >= 15 is 0 Å². The predicted molar refractivity (Wildman–Crippen MR) is 98.5 cm³/mol. The molecule has 0 heterocycles. The summed E-state index contributed by atoms with van der Waals surface area (Å²) in [7, 11) is 0. The van der Waals surface area contributed by atoms with E-state index in [-0.39, 0.29) is 22.2 Å². The van der Waals surface area contributed by atoms with E-state index < -0.39 is 29.4 Å². The summed E-state index contributed by atoms with van der Waals surface area (Å²) in [5.74, 6) is -2.67. The van der Waals surface area contributed by atoms with E-state index in [1.165, 1.54) is 24.3 Å². The lowest BCUT2D eigenvalue weighted by atomic mass is 9.86. The van der Waals surface area contributed by atoms with Crippen LogP contribution in [0.1, 0.15) is 54.7 Å². The summed E-state index contributed by atoms with van der Waals surface area (Å²) in [6.07, 6.45) is -0.116. The van der Waals surface area contributed by atoms with Gasteiger partial charge in [-0.2, -0.15) is 13.2 Å². The number of alkyl halides is 3. The highest BCUT2D eigenvalue weighted by atomic mass is 35.5. The van der Waals surface area contributed by atoms with Gasteiger partial charge in [0.1, 0.15) is 5.82 Å². The highest BCUT2D eigenvalue weighted by Gasteiger charge is 2.38. The first-order valence-electron chi connectivity index (χ1n) is 9.10. The lowest BCUT2D eigenvalue weighted by molar-refractivity contribution is -0.138. The molecule has 149 valence electrons. The molecule has 1 aliphatic carbocycles. The van der Waals surface area contributed by atoms with Crippen LogP contribution in [0.3, 0.4) is 0 Å². The van der Waals surface area contributed by atoms with Gasteiger partial charge in [-0.1, -0.05) is 49.1 Å². The Balaban J connectivity index is 2.04. The monoisotopic (exact) mass is 412 g/mol. The summed E-state index contributed by atoms with van der Waals surface area (Å²) in [5, 5.41) is 2.70. The molecule has 3 rings (SSSR count). The maximum Gasteiger partial charge on any atom is 0.416 e. The number of rotatable bonds is 4. The lowest BCUT2D eigenvalue weighted by Crippen LogP contribution is -2.40. The Bertz CT molecular complexity index is 847. The zero-order chi connectivity index (χ0) is 20.3.